The quantitative estimate of drug-likeness (QED) is 0.858. The summed E-state index contributed by atoms with van der Waals surface area (Å²) in [5, 5.41) is 0. The summed E-state index contributed by atoms with van der Waals surface area (Å²) in [5.41, 5.74) is 7.15. The van der Waals surface area contributed by atoms with Gasteiger partial charge in [-0.15, -0.1) is 0 Å². The molecule has 1 aromatic heterocycles. The molecule has 0 aliphatic carbocycles. The second kappa shape index (κ2) is 4.72. The van der Waals surface area contributed by atoms with E-state index in [1.807, 2.05) is 13.0 Å². The van der Waals surface area contributed by atoms with E-state index in [0.29, 0.717) is 5.88 Å². The van der Waals surface area contributed by atoms with E-state index in [0.717, 1.165) is 31.2 Å². The molecule has 0 bridgehead atoms. The standard InChI is InChI=1S/C13H22N4O/c1-9-7-11(18-4)16-12(15-9)17-6-5-10(14)13(2,3)8-17/h7,10H,5-6,8,14H2,1-4H3. The molecule has 1 atom stereocenters. The molecule has 5 nitrogen and oxygen atoms in total. The van der Waals surface area contributed by atoms with Crippen LogP contribution in [0, 0.1) is 12.3 Å². The van der Waals surface area contributed by atoms with E-state index in [4.69, 9.17) is 10.5 Å². The van der Waals surface area contributed by atoms with Gasteiger partial charge in [-0.3, -0.25) is 0 Å². The van der Waals surface area contributed by atoms with Crippen LogP contribution in [0.3, 0.4) is 0 Å². The van der Waals surface area contributed by atoms with E-state index >= 15 is 0 Å². The molecule has 0 spiro atoms. The summed E-state index contributed by atoms with van der Waals surface area (Å²) in [4.78, 5) is 11.1. The fraction of sp³-hybridized carbons (Fsp3) is 0.692. The summed E-state index contributed by atoms with van der Waals surface area (Å²) in [5.74, 6) is 1.36. The average Bonchev–Trinajstić information content (AvgIpc) is 2.31. The molecule has 0 saturated carbocycles. The minimum absolute atomic E-state index is 0.0819. The molecule has 0 amide bonds. The first-order chi connectivity index (χ1) is 8.42. The van der Waals surface area contributed by atoms with Crippen LogP contribution in [-0.2, 0) is 0 Å². The summed E-state index contributed by atoms with van der Waals surface area (Å²) in [6, 6.07) is 2.07. The lowest BCUT2D eigenvalue weighted by molar-refractivity contribution is 0.243. The minimum atomic E-state index is 0.0819. The number of hydrogen-bond acceptors (Lipinski definition) is 5. The Morgan fingerprint density at radius 3 is 2.78 bits per heavy atom. The van der Waals surface area contributed by atoms with Crippen molar-refractivity contribution in [3.8, 4) is 5.88 Å². The Balaban J connectivity index is 2.24. The zero-order chi connectivity index (χ0) is 13.3. The highest BCUT2D eigenvalue weighted by Gasteiger charge is 2.34. The van der Waals surface area contributed by atoms with Gasteiger partial charge in [-0.1, -0.05) is 13.8 Å². The predicted molar refractivity (Wildman–Crippen MR) is 71.9 cm³/mol. The van der Waals surface area contributed by atoms with Crippen molar-refractivity contribution >= 4 is 5.95 Å². The van der Waals surface area contributed by atoms with Crippen LogP contribution in [0.25, 0.3) is 0 Å². The molecule has 2 N–H and O–H groups in total. The highest BCUT2D eigenvalue weighted by molar-refractivity contribution is 5.35. The number of ether oxygens (including phenoxy) is 1. The van der Waals surface area contributed by atoms with Gasteiger partial charge in [0.15, 0.2) is 0 Å². The average molecular weight is 250 g/mol. The van der Waals surface area contributed by atoms with Crippen LogP contribution in [0.15, 0.2) is 6.07 Å². The smallest absolute Gasteiger partial charge is 0.228 e. The van der Waals surface area contributed by atoms with Gasteiger partial charge in [0.05, 0.1) is 7.11 Å². The molecule has 18 heavy (non-hydrogen) atoms. The van der Waals surface area contributed by atoms with Crippen molar-refractivity contribution < 1.29 is 4.74 Å². The first kappa shape index (κ1) is 13.1. The molecule has 0 aromatic carbocycles. The lowest BCUT2D eigenvalue weighted by Crippen LogP contribution is -2.53. The summed E-state index contributed by atoms with van der Waals surface area (Å²) < 4.78 is 5.20. The van der Waals surface area contributed by atoms with Gasteiger partial charge >= 0.3 is 0 Å². The molecule has 2 heterocycles. The van der Waals surface area contributed by atoms with E-state index in [-0.39, 0.29) is 11.5 Å². The number of anilines is 1. The summed E-state index contributed by atoms with van der Waals surface area (Å²) in [6.45, 7) is 8.11. The van der Waals surface area contributed by atoms with Crippen LogP contribution < -0.4 is 15.4 Å². The molecule has 1 aromatic rings. The van der Waals surface area contributed by atoms with E-state index in [2.05, 4.69) is 28.7 Å². The van der Waals surface area contributed by atoms with Gasteiger partial charge in [-0.05, 0) is 18.8 Å². The molecule has 1 saturated heterocycles. The Morgan fingerprint density at radius 1 is 1.44 bits per heavy atom. The number of nitrogens with two attached hydrogens (primary N) is 1. The highest BCUT2D eigenvalue weighted by Crippen LogP contribution is 2.30. The monoisotopic (exact) mass is 250 g/mol. The number of nitrogens with zero attached hydrogens (tertiary/aromatic N) is 3. The highest BCUT2D eigenvalue weighted by atomic mass is 16.5. The van der Waals surface area contributed by atoms with Crippen molar-refractivity contribution in [3.05, 3.63) is 11.8 Å². The molecular weight excluding hydrogens is 228 g/mol. The van der Waals surface area contributed by atoms with Gasteiger partial charge in [0.2, 0.25) is 11.8 Å². The first-order valence-corrected chi connectivity index (χ1v) is 6.32. The Kier molecular flexibility index (Phi) is 3.43. The van der Waals surface area contributed by atoms with E-state index in [1.54, 1.807) is 7.11 Å². The van der Waals surface area contributed by atoms with Crippen LogP contribution in [0.2, 0.25) is 0 Å². The van der Waals surface area contributed by atoms with Crippen molar-refractivity contribution in [2.24, 2.45) is 11.1 Å². The van der Waals surface area contributed by atoms with Crippen LogP contribution in [0.1, 0.15) is 26.0 Å². The molecular formula is C13H22N4O. The van der Waals surface area contributed by atoms with Crippen molar-refractivity contribution in [1.29, 1.82) is 0 Å². The Labute approximate surface area is 108 Å². The molecule has 1 aliphatic heterocycles. The van der Waals surface area contributed by atoms with Crippen molar-refractivity contribution in [2.45, 2.75) is 33.2 Å². The molecule has 1 fully saturated rings. The van der Waals surface area contributed by atoms with Gasteiger partial charge in [0, 0.05) is 30.9 Å². The maximum absolute atomic E-state index is 6.15. The maximum Gasteiger partial charge on any atom is 0.228 e. The number of rotatable bonds is 2. The second-order valence-electron chi connectivity index (χ2n) is 5.66. The van der Waals surface area contributed by atoms with E-state index in [9.17, 15) is 0 Å². The van der Waals surface area contributed by atoms with Crippen LogP contribution in [0.5, 0.6) is 5.88 Å². The summed E-state index contributed by atoms with van der Waals surface area (Å²) in [6.07, 6.45) is 0.965. The molecule has 1 aliphatic rings. The fourth-order valence-electron chi connectivity index (χ4n) is 2.32. The van der Waals surface area contributed by atoms with E-state index in [1.165, 1.54) is 0 Å². The number of piperidine rings is 1. The lowest BCUT2D eigenvalue weighted by Gasteiger charge is -2.42. The third-order valence-electron chi connectivity index (χ3n) is 3.62. The Bertz CT molecular complexity index is 433. The number of aryl methyl sites for hydroxylation is 1. The first-order valence-electron chi connectivity index (χ1n) is 6.32. The predicted octanol–water partition coefficient (Wildman–Crippen LogP) is 1.36. The minimum Gasteiger partial charge on any atom is -0.481 e. The SMILES string of the molecule is COc1cc(C)nc(N2CCC(N)C(C)(C)C2)n1. The summed E-state index contributed by atoms with van der Waals surface area (Å²) >= 11 is 0. The van der Waals surface area contributed by atoms with Crippen molar-refractivity contribution in [2.75, 3.05) is 25.1 Å². The van der Waals surface area contributed by atoms with Gasteiger partial charge in [-0.25, -0.2) is 4.98 Å². The zero-order valence-corrected chi connectivity index (χ0v) is 11.6. The maximum atomic E-state index is 6.15. The summed E-state index contributed by atoms with van der Waals surface area (Å²) in [7, 11) is 1.63. The van der Waals surface area contributed by atoms with E-state index < -0.39 is 0 Å². The molecule has 5 heteroatoms. The number of methoxy groups -OCH3 is 1. The molecule has 0 radical (unpaired) electrons. The number of hydrogen-bond donors (Lipinski definition) is 1. The van der Waals surface area contributed by atoms with Crippen LogP contribution in [-0.4, -0.2) is 36.2 Å². The van der Waals surface area contributed by atoms with Gasteiger partial charge in [0.1, 0.15) is 0 Å². The third-order valence-corrected chi connectivity index (χ3v) is 3.62. The third kappa shape index (κ3) is 2.56. The zero-order valence-electron chi connectivity index (χ0n) is 11.6. The fourth-order valence-corrected chi connectivity index (χ4v) is 2.32. The van der Waals surface area contributed by atoms with Gasteiger partial charge in [0.25, 0.3) is 0 Å². The van der Waals surface area contributed by atoms with Gasteiger partial charge in [-0.2, -0.15) is 4.98 Å². The Morgan fingerprint density at radius 2 is 2.17 bits per heavy atom. The van der Waals surface area contributed by atoms with Crippen molar-refractivity contribution in [3.63, 3.8) is 0 Å². The topological polar surface area (TPSA) is 64.3 Å². The van der Waals surface area contributed by atoms with Gasteiger partial charge < -0.3 is 15.4 Å². The largest absolute Gasteiger partial charge is 0.481 e. The normalized spacial score (nSPS) is 22.9. The number of aromatic nitrogens is 2. The second-order valence-corrected chi connectivity index (χ2v) is 5.66. The molecule has 100 valence electrons. The van der Waals surface area contributed by atoms with Crippen molar-refractivity contribution in [1.82, 2.24) is 9.97 Å². The van der Waals surface area contributed by atoms with Crippen LogP contribution >= 0.6 is 0 Å². The van der Waals surface area contributed by atoms with Crippen LogP contribution in [0.4, 0.5) is 5.95 Å². The lowest BCUT2D eigenvalue weighted by atomic mass is 9.80. The Hall–Kier alpha value is -1.36. The molecule has 1 unspecified atom stereocenters. The molecule has 2 rings (SSSR count).